The fraction of sp³-hybridized carbons (Fsp3) is 0.222. The second-order valence-corrected chi connectivity index (χ2v) is 8.16. The average molecular weight is 405 g/mol. The summed E-state index contributed by atoms with van der Waals surface area (Å²) in [6.45, 7) is 2.33. The van der Waals surface area contributed by atoms with Crippen LogP contribution in [0, 0.1) is 0 Å². The van der Waals surface area contributed by atoms with Crippen LogP contribution in [0.15, 0.2) is 53.4 Å². The Kier molecular flexibility index (Phi) is 4.86. The van der Waals surface area contributed by atoms with E-state index in [1.165, 1.54) is 24.3 Å². The van der Waals surface area contributed by atoms with Gasteiger partial charge in [-0.3, -0.25) is 4.72 Å². The molecular weight excluding hydrogens is 388 g/mol. The van der Waals surface area contributed by atoms with Gasteiger partial charge in [0.2, 0.25) is 0 Å². The van der Waals surface area contributed by atoms with E-state index in [-0.39, 0.29) is 10.7 Å². The highest BCUT2D eigenvalue weighted by atomic mass is 35.5. The zero-order valence-corrected chi connectivity index (χ0v) is 15.9. The summed E-state index contributed by atoms with van der Waals surface area (Å²) in [7, 11) is -3.83. The van der Waals surface area contributed by atoms with Crippen LogP contribution >= 0.6 is 11.6 Å². The number of nitrogens with zero attached hydrogens (tertiary/aromatic N) is 3. The molecule has 9 heteroatoms. The lowest BCUT2D eigenvalue weighted by Gasteiger charge is -2.29. The Morgan fingerprint density at radius 2 is 1.59 bits per heavy atom. The number of sulfonamides is 1. The molecule has 2 aromatic carbocycles. The molecule has 3 aromatic rings. The van der Waals surface area contributed by atoms with Crippen LogP contribution in [0.4, 0.5) is 11.6 Å². The maximum absolute atomic E-state index is 12.8. The van der Waals surface area contributed by atoms with Crippen LogP contribution in [0.5, 0.6) is 0 Å². The summed E-state index contributed by atoms with van der Waals surface area (Å²) in [5.74, 6) is 0.695. The van der Waals surface area contributed by atoms with Crippen LogP contribution in [-0.4, -0.2) is 44.7 Å². The molecule has 4 rings (SSSR count). The third-order valence-corrected chi connectivity index (χ3v) is 5.82. The molecule has 2 heterocycles. The molecule has 0 bridgehead atoms. The molecule has 1 aromatic heterocycles. The summed E-state index contributed by atoms with van der Waals surface area (Å²) < 4.78 is 33.6. The Balaban J connectivity index is 1.77. The standard InChI is InChI=1S/C18H17ClN4O3S/c19-13-5-7-14(8-6-13)27(24,25)22-17-18(23-9-11-26-12-10-23)21-16-4-2-1-3-15(16)20-17/h1-8H,9-12H2,(H,20,22). The van der Waals surface area contributed by atoms with Crippen molar-refractivity contribution in [3.05, 3.63) is 53.6 Å². The number of aromatic nitrogens is 2. The van der Waals surface area contributed by atoms with Crippen molar-refractivity contribution in [3.63, 3.8) is 0 Å². The minimum absolute atomic E-state index is 0.106. The normalized spacial score (nSPS) is 15.1. The predicted molar refractivity (Wildman–Crippen MR) is 105 cm³/mol. The molecule has 0 unspecified atom stereocenters. The number of anilines is 2. The van der Waals surface area contributed by atoms with Gasteiger partial charge in [-0.15, -0.1) is 0 Å². The Bertz CT molecular complexity index is 1070. The van der Waals surface area contributed by atoms with Crippen LogP contribution in [0.3, 0.4) is 0 Å². The van der Waals surface area contributed by atoms with Gasteiger partial charge in [-0.25, -0.2) is 18.4 Å². The summed E-state index contributed by atoms with van der Waals surface area (Å²) in [5.41, 5.74) is 1.32. The molecule has 1 saturated heterocycles. The van der Waals surface area contributed by atoms with Crippen molar-refractivity contribution in [2.24, 2.45) is 0 Å². The van der Waals surface area contributed by atoms with E-state index in [0.717, 1.165) is 0 Å². The third kappa shape index (κ3) is 3.83. The summed E-state index contributed by atoms with van der Waals surface area (Å²) in [4.78, 5) is 11.2. The molecule has 27 heavy (non-hydrogen) atoms. The highest BCUT2D eigenvalue weighted by molar-refractivity contribution is 7.92. The number of hydrogen-bond acceptors (Lipinski definition) is 6. The first-order valence-electron chi connectivity index (χ1n) is 8.41. The first-order valence-corrected chi connectivity index (χ1v) is 10.3. The van der Waals surface area contributed by atoms with Crippen LogP contribution in [0.2, 0.25) is 5.02 Å². The van der Waals surface area contributed by atoms with Crippen LogP contribution in [-0.2, 0) is 14.8 Å². The first kappa shape index (κ1) is 18.0. The maximum Gasteiger partial charge on any atom is 0.263 e. The molecule has 1 N–H and O–H groups in total. The number of halogens is 1. The number of morpholine rings is 1. The van der Waals surface area contributed by atoms with E-state index in [2.05, 4.69) is 14.7 Å². The van der Waals surface area contributed by atoms with Gasteiger partial charge in [0.15, 0.2) is 11.6 Å². The van der Waals surface area contributed by atoms with Gasteiger partial charge in [0.1, 0.15) is 0 Å². The quantitative estimate of drug-likeness (QED) is 0.719. The number of nitrogens with one attached hydrogen (secondary N) is 1. The summed E-state index contributed by atoms with van der Waals surface area (Å²) >= 11 is 5.86. The largest absolute Gasteiger partial charge is 0.378 e. The second kappa shape index (κ2) is 7.30. The van der Waals surface area contributed by atoms with Gasteiger partial charge in [0.25, 0.3) is 10.0 Å². The van der Waals surface area contributed by atoms with Gasteiger partial charge in [-0.05, 0) is 36.4 Å². The highest BCUT2D eigenvalue weighted by Crippen LogP contribution is 2.28. The van der Waals surface area contributed by atoms with Gasteiger partial charge in [0, 0.05) is 18.1 Å². The number of benzene rings is 2. The van der Waals surface area contributed by atoms with Gasteiger partial charge in [-0.2, -0.15) is 0 Å². The van der Waals surface area contributed by atoms with Gasteiger partial charge in [-0.1, -0.05) is 23.7 Å². The Hall–Kier alpha value is -2.42. The van der Waals surface area contributed by atoms with E-state index in [4.69, 9.17) is 16.3 Å². The Morgan fingerprint density at radius 1 is 0.963 bits per heavy atom. The van der Waals surface area contributed by atoms with E-state index in [9.17, 15) is 8.42 Å². The lowest BCUT2D eigenvalue weighted by Crippen LogP contribution is -2.37. The first-order chi connectivity index (χ1) is 13.0. The zero-order valence-electron chi connectivity index (χ0n) is 14.3. The van der Waals surface area contributed by atoms with Crippen molar-refractivity contribution < 1.29 is 13.2 Å². The van der Waals surface area contributed by atoms with Gasteiger partial charge in [0.05, 0.1) is 29.1 Å². The van der Waals surface area contributed by atoms with Crippen LogP contribution in [0.1, 0.15) is 0 Å². The summed E-state index contributed by atoms with van der Waals surface area (Å²) in [6.07, 6.45) is 0. The average Bonchev–Trinajstić information content (AvgIpc) is 2.68. The zero-order chi connectivity index (χ0) is 18.9. The van der Waals surface area contributed by atoms with Crippen molar-refractivity contribution in [2.45, 2.75) is 4.90 Å². The fourth-order valence-electron chi connectivity index (χ4n) is 2.85. The summed E-state index contributed by atoms with van der Waals surface area (Å²) in [6, 6.07) is 13.3. The smallest absolute Gasteiger partial charge is 0.263 e. The molecule has 0 atom stereocenters. The van der Waals surface area contributed by atoms with E-state index in [1.807, 2.05) is 23.1 Å². The van der Waals surface area contributed by atoms with Crippen LogP contribution in [0.25, 0.3) is 11.0 Å². The van der Waals surface area contributed by atoms with E-state index in [0.29, 0.717) is 48.2 Å². The van der Waals surface area contributed by atoms with Gasteiger partial charge >= 0.3 is 0 Å². The highest BCUT2D eigenvalue weighted by Gasteiger charge is 2.23. The number of hydrogen-bond donors (Lipinski definition) is 1. The van der Waals surface area contributed by atoms with E-state index < -0.39 is 10.0 Å². The molecule has 0 saturated carbocycles. The molecule has 140 valence electrons. The van der Waals surface area contributed by atoms with Crippen LogP contribution < -0.4 is 9.62 Å². The number of para-hydroxylation sites is 2. The minimum Gasteiger partial charge on any atom is -0.378 e. The van der Waals surface area contributed by atoms with Crippen molar-refractivity contribution >= 4 is 44.3 Å². The molecule has 0 radical (unpaired) electrons. The molecule has 0 amide bonds. The topological polar surface area (TPSA) is 84.4 Å². The van der Waals surface area contributed by atoms with E-state index >= 15 is 0 Å². The predicted octanol–water partition coefficient (Wildman–Crippen LogP) is 2.92. The number of ether oxygens (including phenoxy) is 1. The molecular formula is C18H17ClN4O3S. The molecule has 7 nitrogen and oxygen atoms in total. The van der Waals surface area contributed by atoms with Crippen molar-refractivity contribution in [2.75, 3.05) is 35.9 Å². The Morgan fingerprint density at radius 3 is 2.26 bits per heavy atom. The molecule has 0 aliphatic carbocycles. The lowest BCUT2D eigenvalue weighted by molar-refractivity contribution is 0.122. The maximum atomic E-state index is 12.8. The van der Waals surface area contributed by atoms with Crippen molar-refractivity contribution in [1.29, 1.82) is 0 Å². The molecule has 0 spiro atoms. The fourth-order valence-corrected chi connectivity index (χ4v) is 3.98. The second-order valence-electron chi connectivity index (χ2n) is 6.04. The van der Waals surface area contributed by atoms with Crippen molar-refractivity contribution in [1.82, 2.24) is 9.97 Å². The number of fused-ring (bicyclic) bond motifs is 1. The van der Waals surface area contributed by atoms with E-state index in [1.54, 1.807) is 6.07 Å². The molecule has 1 fully saturated rings. The lowest BCUT2D eigenvalue weighted by atomic mass is 10.3. The SMILES string of the molecule is O=S(=O)(Nc1nc2ccccc2nc1N1CCOCC1)c1ccc(Cl)cc1. The van der Waals surface area contributed by atoms with Gasteiger partial charge < -0.3 is 9.64 Å². The summed E-state index contributed by atoms with van der Waals surface area (Å²) in [5, 5.41) is 0.466. The third-order valence-electron chi connectivity index (χ3n) is 4.22. The number of rotatable bonds is 4. The minimum atomic E-state index is -3.83. The molecule has 1 aliphatic heterocycles. The molecule has 1 aliphatic rings. The van der Waals surface area contributed by atoms with Crippen molar-refractivity contribution in [3.8, 4) is 0 Å². The monoisotopic (exact) mass is 404 g/mol. The Labute approximate surface area is 162 Å².